The highest BCUT2D eigenvalue weighted by Gasteiger charge is 2.35. The second kappa shape index (κ2) is 8.11. The van der Waals surface area contributed by atoms with Gasteiger partial charge in [-0.2, -0.15) is 0 Å². The van der Waals surface area contributed by atoms with Crippen LogP contribution in [-0.2, 0) is 19.1 Å². The Hall–Kier alpha value is -1.44. The van der Waals surface area contributed by atoms with Crippen molar-refractivity contribution in [1.82, 2.24) is 0 Å². The Morgan fingerprint density at radius 3 is 2.67 bits per heavy atom. The number of aliphatic hydroxyl groups is 3. The first-order valence-electron chi connectivity index (χ1n) is 6.93. The summed E-state index contributed by atoms with van der Waals surface area (Å²) in [6, 6.07) is 0. The van der Waals surface area contributed by atoms with Gasteiger partial charge in [-0.25, -0.2) is 4.79 Å². The molecule has 7 heteroatoms. The fourth-order valence-electron chi connectivity index (χ4n) is 2.13. The third-order valence-electron chi connectivity index (χ3n) is 3.31. The molecule has 0 saturated heterocycles. The molecular weight excluding hydrogens is 280 g/mol. The van der Waals surface area contributed by atoms with Crippen molar-refractivity contribution in [3.8, 4) is 0 Å². The summed E-state index contributed by atoms with van der Waals surface area (Å²) in [5, 5.41) is 29.9. The van der Waals surface area contributed by atoms with Gasteiger partial charge in [-0.3, -0.25) is 4.79 Å². The Morgan fingerprint density at radius 2 is 2.14 bits per heavy atom. The molecule has 0 bridgehead atoms. The van der Waals surface area contributed by atoms with Crippen LogP contribution in [0.3, 0.4) is 0 Å². The minimum atomic E-state index is -1.50. The highest BCUT2D eigenvalue weighted by atomic mass is 16.6. The van der Waals surface area contributed by atoms with Crippen molar-refractivity contribution in [3.05, 3.63) is 12.2 Å². The first kappa shape index (κ1) is 17.6. The van der Waals surface area contributed by atoms with E-state index in [0.717, 1.165) is 0 Å². The average molecular weight is 302 g/mol. The Balaban J connectivity index is 2.55. The minimum Gasteiger partial charge on any atom is -0.462 e. The van der Waals surface area contributed by atoms with E-state index in [9.17, 15) is 24.9 Å². The van der Waals surface area contributed by atoms with Gasteiger partial charge in [0.05, 0.1) is 6.10 Å². The number of carbonyl (C=O) groups is 2. The van der Waals surface area contributed by atoms with E-state index in [1.54, 1.807) is 6.92 Å². The lowest BCUT2D eigenvalue weighted by Gasteiger charge is -2.30. The second-order valence-corrected chi connectivity index (χ2v) is 5.04. The van der Waals surface area contributed by atoms with Crippen LogP contribution in [0.5, 0.6) is 0 Å². The SMILES string of the molecule is CCC(CC(O)C(O)C(O)C1CC=CC(=O)O1)OC(C)=O. The van der Waals surface area contributed by atoms with E-state index in [2.05, 4.69) is 0 Å². The molecule has 0 amide bonds. The van der Waals surface area contributed by atoms with E-state index in [4.69, 9.17) is 9.47 Å². The molecule has 21 heavy (non-hydrogen) atoms. The summed E-state index contributed by atoms with van der Waals surface area (Å²) in [4.78, 5) is 22.0. The highest BCUT2D eigenvalue weighted by Crippen LogP contribution is 2.19. The van der Waals surface area contributed by atoms with Gasteiger partial charge >= 0.3 is 11.9 Å². The predicted octanol–water partition coefficient (Wildman–Crippen LogP) is -0.327. The summed E-state index contributed by atoms with van der Waals surface area (Å²) in [5.41, 5.74) is 0. The number of esters is 2. The van der Waals surface area contributed by atoms with E-state index in [1.807, 2.05) is 0 Å². The molecular formula is C14H22O7. The van der Waals surface area contributed by atoms with Gasteiger partial charge in [-0.1, -0.05) is 13.0 Å². The van der Waals surface area contributed by atoms with Gasteiger partial charge in [0, 0.05) is 25.8 Å². The molecule has 0 saturated carbocycles. The van der Waals surface area contributed by atoms with Crippen LogP contribution >= 0.6 is 0 Å². The molecule has 0 radical (unpaired) electrons. The van der Waals surface area contributed by atoms with Crippen molar-refractivity contribution in [1.29, 1.82) is 0 Å². The molecule has 0 aromatic heterocycles. The zero-order valence-corrected chi connectivity index (χ0v) is 12.1. The van der Waals surface area contributed by atoms with E-state index in [-0.39, 0.29) is 12.8 Å². The molecule has 0 spiro atoms. The normalized spacial score (nSPS) is 23.9. The number of aliphatic hydroxyl groups excluding tert-OH is 3. The minimum absolute atomic E-state index is 0.00911. The van der Waals surface area contributed by atoms with Gasteiger partial charge < -0.3 is 24.8 Å². The monoisotopic (exact) mass is 302 g/mol. The van der Waals surface area contributed by atoms with Gasteiger partial charge in [0.15, 0.2) is 0 Å². The molecule has 7 nitrogen and oxygen atoms in total. The first-order chi connectivity index (χ1) is 9.85. The molecule has 5 unspecified atom stereocenters. The molecule has 1 heterocycles. The smallest absolute Gasteiger partial charge is 0.330 e. The lowest BCUT2D eigenvalue weighted by atomic mass is 9.96. The zero-order chi connectivity index (χ0) is 16.0. The molecule has 0 aromatic rings. The van der Waals surface area contributed by atoms with Crippen LogP contribution in [-0.4, -0.2) is 57.8 Å². The van der Waals surface area contributed by atoms with E-state index < -0.39 is 42.5 Å². The van der Waals surface area contributed by atoms with Crippen LogP contribution in [0.15, 0.2) is 12.2 Å². The Kier molecular flexibility index (Phi) is 6.80. The number of hydrogen-bond acceptors (Lipinski definition) is 7. The van der Waals surface area contributed by atoms with Crippen LogP contribution in [0.25, 0.3) is 0 Å². The van der Waals surface area contributed by atoms with Crippen LogP contribution in [0.4, 0.5) is 0 Å². The molecule has 0 aliphatic carbocycles. The van der Waals surface area contributed by atoms with Crippen molar-refractivity contribution in [2.45, 2.75) is 63.6 Å². The van der Waals surface area contributed by atoms with Crippen molar-refractivity contribution in [3.63, 3.8) is 0 Å². The van der Waals surface area contributed by atoms with E-state index >= 15 is 0 Å². The van der Waals surface area contributed by atoms with Crippen LogP contribution in [0.2, 0.25) is 0 Å². The van der Waals surface area contributed by atoms with Crippen LogP contribution < -0.4 is 0 Å². The van der Waals surface area contributed by atoms with Crippen molar-refractivity contribution in [2.24, 2.45) is 0 Å². The number of rotatable bonds is 7. The van der Waals surface area contributed by atoms with Gasteiger partial charge in [0.2, 0.25) is 0 Å². The molecule has 1 aliphatic heterocycles. The first-order valence-corrected chi connectivity index (χ1v) is 6.93. The Labute approximate surface area is 123 Å². The van der Waals surface area contributed by atoms with Crippen molar-refractivity contribution >= 4 is 11.9 Å². The summed E-state index contributed by atoms with van der Waals surface area (Å²) in [5.74, 6) is -1.08. The largest absolute Gasteiger partial charge is 0.462 e. The molecule has 3 N–H and O–H groups in total. The van der Waals surface area contributed by atoms with Crippen LogP contribution in [0.1, 0.15) is 33.1 Å². The summed E-state index contributed by atoms with van der Waals surface area (Å²) in [7, 11) is 0. The summed E-state index contributed by atoms with van der Waals surface area (Å²) in [6.07, 6.45) is -2.17. The average Bonchev–Trinajstić information content (AvgIpc) is 2.44. The van der Waals surface area contributed by atoms with Gasteiger partial charge in [0.1, 0.15) is 24.4 Å². The number of hydrogen-bond donors (Lipinski definition) is 3. The molecule has 5 atom stereocenters. The zero-order valence-electron chi connectivity index (χ0n) is 12.1. The number of carbonyl (C=O) groups excluding carboxylic acids is 2. The highest BCUT2D eigenvalue weighted by molar-refractivity contribution is 5.82. The standard InChI is InChI=1S/C14H22O7/c1-3-9(20-8(2)15)7-10(16)13(18)14(19)11-5-4-6-12(17)21-11/h4,6,9-11,13-14,16,18-19H,3,5,7H2,1-2H3. The third kappa shape index (κ3) is 5.45. The Morgan fingerprint density at radius 1 is 1.48 bits per heavy atom. The lowest BCUT2D eigenvalue weighted by molar-refractivity contribution is -0.164. The maximum Gasteiger partial charge on any atom is 0.330 e. The Bertz CT molecular complexity index is 393. The van der Waals surface area contributed by atoms with Crippen molar-refractivity contribution < 1.29 is 34.4 Å². The van der Waals surface area contributed by atoms with Gasteiger partial charge in [0.25, 0.3) is 0 Å². The molecule has 0 fully saturated rings. The summed E-state index contributed by atoms with van der Waals surface area (Å²) < 4.78 is 9.86. The van der Waals surface area contributed by atoms with Gasteiger partial charge in [-0.05, 0) is 6.42 Å². The molecule has 1 aliphatic rings. The maximum atomic E-state index is 11.1. The fourth-order valence-corrected chi connectivity index (χ4v) is 2.13. The quantitative estimate of drug-likeness (QED) is 0.552. The predicted molar refractivity (Wildman–Crippen MR) is 72.1 cm³/mol. The fraction of sp³-hybridized carbons (Fsp3) is 0.714. The third-order valence-corrected chi connectivity index (χ3v) is 3.31. The topological polar surface area (TPSA) is 113 Å². The second-order valence-electron chi connectivity index (χ2n) is 5.04. The summed E-state index contributed by atoms with van der Waals surface area (Å²) >= 11 is 0. The van der Waals surface area contributed by atoms with Crippen molar-refractivity contribution in [2.75, 3.05) is 0 Å². The molecule has 1 rings (SSSR count). The number of cyclic esters (lactones) is 1. The van der Waals surface area contributed by atoms with Gasteiger partial charge in [-0.15, -0.1) is 0 Å². The maximum absolute atomic E-state index is 11.1. The van der Waals surface area contributed by atoms with Crippen LogP contribution in [0, 0.1) is 0 Å². The summed E-state index contributed by atoms with van der Waals surface area (Å²) in [6.45, 7) is 3.03. The number of ether oxygens (including phenoxy) is 2. The lowest BCUT2D eigenvalue weighted by Crippen LogP contribution is -2.47. The molecule has 120 valence electrons. The molecule has 0 aromatic carbocycles. The van der Waals surface area contributed by atoms with E-state index in [1.165, 1.54) is 19.1 Å². The van der Waals surface area contributed by atoms with E-state index in [0.29, 0.717) is 6.42 Å².